The summed E-state index contributed by atoms with van der Waals surface area (Å²) >= 11 is 0. The van der Waals surface area contributed by atoms with Crippen LogP contribution >= 0.6 is 0 Å². The Balaban J connectivity index is 1.58. The maximum absolute atomic E-state index is 9.29. The first-order valence-corrected chi connectivity index (χ1v) is 7.75. The summed E-state index contributed by atoms with van der Waals surface area (Å²) in [4.78, 5) is 2.37. The van der Waals surface area contributed by atoms with Crippen molar-refractivity contribution in [1.29, 1.82) is 5.26 Å². The Bertz CT molecular complexity index is 505. The van der Waals surface area contributed by atoms with E-state index < -0.39 is 0 Å². The number of nitrogens with zero attached hydrogens (tertiary/aromatic N) is 2. The van der Waals surface area contributed by atoms with Gasteiger partial charge in [-0.1, -0.05) is 6.07 Å². The van der Waals surface area contributed by atoms with Crippen molar-refractivity contribution in [3.8, 4) is 6.07 Å². The molecule has 3 heteroatoms. The highest BCUT2D eigenvalue weighted by Crippen LogP contribution is 2.29. The molecule has 0 spiro atoms. The van der Waals surface area contributed by atoms with Crippen LogP contribution in [0.4, 0.5) is 5.69 Å². The summed E-state index contributed by atoms with van der Waals surface area (Å²) in [5, 5.41) is 13.0. The molecule has 1 aromatic carbocycles. The van der Waals surface area contributed by atoms with Crippen LogP contribution in [-0.4, -0.2) is 25.7 Å². The van der Waals surface area contributed by atoms with Crippen LogP contribution in [0.3, 0.4) is 0 Å². The van der Waals surface area contributed by atoms with Crippen molar-refractivity contribution in [2.24, 2.45) is 5.92 Å². The van der Waals surface area contributed by atoms with E-state index in [0.29, 0.717) is 6.04 Å². The quantitative estimate of drug-likeness (QED) is 0.913. The zero-order valence-electron chi connectivity index (χ0n) is 12.2. The van der Waals surface area contributed by atoms with Crippen LogP contribution in [0.25, 0.3) is 0 Å². The maximum Gasteiger partial charge on any atom is 0.101 e. The molecule has 0 amide bonds. The van der Waals surface area contributed by atoms with Crippen molar-refractivity contribution in [1.82, 2.24) is 5.32 Å². The summed E-state index contributed by atoms with van der Waals surface area (Å²) in [7, 11) is 0. The number of nitriles is 1. The molecule has 1 saturated heterocycles. The van der Waals surface area contributed by atoms with Crippen molar-refractivity contribution in [3.05, 3.63) is 29.3 Å². The Morgan fingerprint density at radius 2 is 2.00 bits per heavy atom. The monoisotopic (exact) mass is 269 g/mol. The molecule has 1 heterocycles. The second-order valence-corrected chi connectivity index (χ2v) is 6.25. The number of anilines is 1. The van der Waals surface area contributed by atoms with Crippen LogP contribution in [0.15, 0.2) is 18.2 Å². The van der Waals surface area contributed by atoms with Gasteiger partial charge in [-0.25, -0.2) is 0 Å². The molecule has 0 bridgehead atoms. The van der Waals surface area contributed by atoms with Crippen molar-refractivity contribution in [3.63, 3.8) is 0 Å². The average Bonchev–Trinajstić information content (AvgIpc) is 3.30. The predicted octanol–water partition coefficient (Wildman–Crippen LogP) is 2.84. The van der Waals surface area contributed by atoms with Crippen LogP contribution in [0.2, 0.25) is 0 Å². The van der Waals surface area contributed by atoms with E-state index in [2.05, 4.69) is 28.4 Å². The third-order valence-corrected chi connectivity index (χ3v) is 4.50. The first kappa shape index (κ1) is 13.5. The van der Waals surface area contributed by atoms with E-state index in [1.165, 1.54) is 32.2 Å². The van der Waals surface area contributed by atoms with E-state index >= 15 is 0 Å². The molecule has 106 valence electrons. The van der Waals surface area contributed by atoms with Gasteiger partial charge in [0.2, 0.25) is 0 Å². The predicted molar refractivity (Wildman–Crippen MR) is 81.9 cm³/mol. The number of rotatable bonds is 4. The van der Waals surface area contributed by atoms with Crippen LogP contribution < -0.4 is 10.2 Å². The molecular weight excluding hydrogens is 246 g/mol. The molecule has 1 aliphatic carbocycles. The molecule has 2 aliphatic rings. The highest BCUT2D eigenvalue weighted by Gasteiger charge is 2.25. The van der Waals surface area contributed by atoms with Crippen LogP contribution in [-0.2, 0) is 0 Å². The van der Waals surface area contributed by atoms with Crippen molar-refractivity contribution >= 4 is 5.69 Å². The van der Waals surface area contributed by atoms with Crippen molar-refractivity contribution < 1.29 is 0 Å². The summed E-state index contributed by atoms with van der Waals surface area (Å²) in [5.74, 6) is 0.954. The summed E-state index contributed by atoms with van der Waals surface area (Å²) in [6.45, 7) is 5.36. The van der Waals surface area contributed by atoms with Gasteiger partial charge in [-0.3, -0.25) is 0 Å². The minimum atomic E-state index is 0.669. The molecule has 1 N–H and O–H groups in total. The minimum absolute atomic E-state index is 0.669. The second kappa shape index (κ2) is 5.85. The fraction of sp³-hybridized carbons (Fsp3) is 0.588. The zero-order valence-corrected chi connectivity index (χ0v) is 12.2. The molecular formula is C17H23N3. The molecule has 0 unspecified atom stereocenters. The van der Waals surface area contributed by atoms with Gasteiger partial charge in [0, 0.05) is 19.1 Å². The lowest BCUT2D eigenvalue weighted by Crippen LogP contribution is -2.43. The van der Waals surface area contributed by atoms with Gasteiger partial charge < -0.3 is 10.2 Å². The molecule has 0 radical (unpaired) electrons. The Morgan fingerprint density at radius 1 is 1.25 bits per heavy atom. The number of piperidine rings is 1. The van der Waals surface area contributed by atoms with Gasteiger partial charge in [-0.2, -0.15) is 5.26 Å². The molecule has 0 aromatic heterocycles. The number of benzene rings is 1. The first-order chi connectivity index (χ1) is 9.76. The van der Waals surface area contributed by atoms with Crippen LogP contribution in [0.1, 0.15) is 36.8 Å². The fourth-order valence-electron chi connectivity index (χ4n) is 3.00. The Morgan fingerprint density at radius 3 is 2.65 bits per heavy atom. The number of hydrogen-bond donors (Lipinski definition) is 1. The molecule has 1 aliphatic heterocycles. The van der Waals surface area contributed by atoms with Gasteiger partial charge in [0.1, 0.15) is 6.07 Å². The third-order valence-electron chi connectivity index (χ3n) is 4.50. The van der Waals surface area contributed by atoms with Crippen LogP contribution in [0.5, 0.6) is 0 Å². The van der Waals surface area contributed by atoms with E-state index in [1.807, 2.05) is 13.0 Å². The number of nitrogens with one attached hydrogen (secondary N) is 1. The highest BCUT2D eigenvalue weighted by molar-refractivity contribution is 5.60. The molecule has 3 nitrogen and oxygen atoms in total. The summed E-state index contributed by atoms with van der Waals surface area (Å²) in [6.07, 6.45) is 5.21. The smallest absolute Gasteiger partial charge is 0.101 e. The number of aryl methyl sites for hydroxylation is 1. The SMILES string of the molecule is Cc1ccc(N2CCC(NCC3CC3)CC2)c(C#N)c1. The van der Waals surface area contributed by atoms with E-state index in [-0.39, 0.29) is 0 Å². The standard InChI is InChI=1S/C17H23N3/c1-13-2-5-17(15(10-13)11-18)20-8-6-16(7-9-20)19-12-14-3-4-14/h2,5,10,14,16,19H,3-4,6-9,12H2,1H3. The molecule has 3 rings (SSSR count). The van der Waals surface area contributed by atoms with Crippen molar-refractivity contribution in [2.75, 3.05) is 24.5 Å². The Kier molecular flexibility index (Phi) is 3.93. The first-order valence-electron chi connectivity index (χ1n) is 7.75. The van der Waals surface area contributed by atoms with Crippen LogP contribution in [0, 0.1) is 24.2 Å². The normalized spacial score (nSPS) is 19.9. The summed E-state index contributed by atoms with van der Waals surface area (Å²) in [6, 6.07) is 9.21. The van der Waals surface area contributed by atoms with E-state index in [1.54, 1.807) is 0 Å². The minimum Gasteiger partial charge on any atom is -0.370 e. The maximum atomic E-state index is 9.29. The molecule has 0 atom stereocenters. The lowest BCUT2D eigenvalue weighted by Gasteiger charge is -2.34. The largest absolute Gasteiger partial charge is 0.370 e. The summed E-state index contributed by atoms with van der Waals surface area (Å²) < 4.78 is 0. The van der Waals surface area contributed by atoms with Crippen molar-refractivity contribution in [2.45, 2.75) is 38.6 Å². The molecule has 20 heavy (non-hydrogen) atoms. The zero-order chi connectivity index (χ0) is 13.9. The highest BCUT2D eigenvalue weighted by atomic mass is 15.1. The topological polar surface area (TPSA) is 39.1 Å². The average molecular weight is 269 g/mol. The van der Waals surface area contributed by atoms with Gasteiger partial charge in [0.15, 0.2) is 0 Å². The Hall–Kier alpha value is -1.53. The summed E-state index contributed by atoms with van der Waals surface area (Å²) in [5.41, 5.74) is 3.08. The van der Waals surface area contributed by atoms with Gasteiger partial charge in [0.05, 0.1) is 11.3 Å². The second-order valence-electron chi connectivity index (χ2n) is 6.25. The lowest BCUT2D eigenvalue weighted by molar-refractivity contribution is 0.409. The Labute approximate surface area is 121 Å². The molecule has 2 fully saturated rings. The van der Waals surface area contributed by atoms with Gasteiger partial charge in [-0.05, 0) is 62.8 Å². The van der Waals surface area contributed by atoms with Gasteiger partial charge in [0.25, 0.3) is 0 Å². The van der Waals surface area contributed by atoms with E-state index in [0.717, 1.165) is 35.8 Å². The van der Waals surface area contributed by atoms with Gasteiger partial charge in [-0.15, -0.1) is 0 Å². The van der Waals surface area contributed by atoms with E-state index in [9.17, 15) is 5.26 Å². The molecule has 1 saturated carbocycles. The lowest BCUT2D eigenvalue weighted by atomic mass is 10.0. The van der Waals surface area contributed by atoms with Gasteiger partial charge >= 0.3 is 0 Å². The van der Waals surface area contributed by atoms with E-state index in [4.69, 9.17) is 0 Å². The number of hydrogen-bond acceptors (Lipinski definition) is 3. The fourth-order valence-corrected chi connectivity index (χ4v) is 3.00. The third kappa shape index (κ3) is 3.13. The molecule has 1 aromatic rings.